The summed E-state index contributed by atoms with van der Waals surface area (Å²) in [4.78, 5) is 23.2. The van der Waals surface area contributed by atoms with Crippen LogP contribution in [0, 0.1) is 13.8 Å². The third-order valence-electron chi connectivity index (χ3n) is 6.81. The van der Waals surface area contributed by atoms with Crippen LogP contribution in [-0.4, -0.2) is 62.3 Å². The molecule has 5 rings (SSSR count). The van der Waals surface area contributed by atoms with E-state index >= 15 is 0 Å². The topological polar surface area (TPSA) is 54.9 Å². The number of morpholine rings is 1. The van der Waals surface area contributed by atoms with E-state index in [9.17, 15) is 4.79 Å². The molecule has 0 bridgehead atoms. The van der Waals surface area contributed by atoms with Gasteiger partial charge in [-0.3, -0.25) is 14.6 Å². The first kappa shape index (κ1) is 23.7. The molecule has 1 aliphatic heterocycles. The molecule has 1 fully saturated rings. The zero-order valence-electron chi connectivity index (χ0n) is 20.5. The average molecular weight is 490 g/mol. The summed E-state index contributed by atoms with van der Waals surface area (Å²) in [6.45, 7) is 9.12. The Hall–Kier alpha value is -3.00. The molecular weight excluding hydrogens is 458 g/mol. The number of carbonyl (C=O) groups is 1. The third kappa shape index (κ3) is 4.89. The van der Waals surface area contributed by atoms with Gasteiger partial charge in [-0.15, -0.1) is 0 Å². The zero-order valence-corrected chi connectivity index (χ0v) is 21.4. The number of amides is 1. The number of methoxy groups -OCH3 is 1. The van der Waals surface area contributed by atoms with Crippen LogP contribution in [0.2, 0.25) is 0 Å². The second kappa shape index (κ2) is 10.3. The van der Waals surface area contributed by atoms with Crippen LogP contribution in [0.1, 0.15) is 27.9 Å². The normalized spacial score (nSPS) is 14.5. The molecule has 35 heavy (non-hydrogen) atoms. The van der Waals surface area contributed by atoms with Crippen LogP contribution in [0.3, 0.4) is 0 Å². The highest BCUT2D eigenvalue weighted by molar-refractivity contribution is 7.22. The van der Waals surface area contributed by atoms with E-state index in [1.165, 1.54) is 5.56 Å². The van der Waals surface area contributed by atoms with Crippen molar-refractivity contribution in [2.75, 3.05) is 51.4 Å². The minimum Gasteiger partial charge on any atom is -0.496 e. The first-order valence-corrected chi connectivity index (χ1v) is 12.9. The molecule has 1 aromatic heterocycles. The number of fused-ring (bicyclic) bond motifs is 2. The molecule has 1 saturated heterocycles. The van der Waals surface area contributed by atoms with Crippen molar-refractivity contribution in [3.8, 4) is 5.75 Å². The van der Waals surface area contributed by atoms with Gasteiger partial charge in [0.05, 0.1) is 36.1 Å². The monoisotopic (exact) mass is 489 g/mol. The predicted octanol–water partition coefficient (Wildman–Crippen LogP) is 5.44. The Bertz CT molecular complexity index is 1360. The van der Waals surface area contributed by atoms with Gasteiger partial charge in [-0.1, -0.05) is 41.7 Å². The quantitative estimate of drug-likeness (QED) is 0.346. The van der Waals surface area contributed by atoms with Crippen LogP contribution in [0.4, 0.5) is 5.13 Å². The highest BCUT2D eigenvalue weighted by Crippen LogP contribution is 2.34. The molecule has 2 heterocycles. The number of rotatable bonds is 7. The molecule has 3 aromatic carbocycles. The average Bonchev–Trinajstić information content (AvgIpc) is 3.33. The second-order valence-corrected chi connectivity index (χ2v) is 10.0. The summed E-state index contributed by atoms with van der Waals surface area (Å²) in [5.41, 5.74) is 3.90. The number of aryl methyl sites for hydroxylation is 2. The van der Waals surface area contributed by atoms with Gasteiger partial charge >= 0.3 is 0 Å². The molecule has 6 nitrogen and oxygen atoms in total. The Morgan fingerprint density at radius 2 is 1.86 bits per heavy atom. The lowest BCUT2D eigenvalue weighted by atomic mass is 10.0. The summed E-state index contributed by atoms with van der Waals surface area (Å²) in [5, 5.41) is 2.79. The van der Waals surface area contributed by atoms with Gasteiger partial charge in [0.2, 0.25) is 0 Å². The molecule has 182 valence electrons. The van der Waals surface area contributed by atoms with Gasteiger partial charge in [-0.25, -0.2) is 4.98 Å². The van der Waals surface area contributed by atoms with E-state index in [2.05, 4.69) is 30.9 Å². The Balaban J connectivity index is 1.51. The number of hydrogen-bond donors (Lipinski definition) is 0. The number of thiazole rings is 1. The molecule has 0 N–H and O–H groups in total. The smallest absolute Gasteiger partial charge is 0.263 e. The van der Waals surface area contributed by atoms with Crippen molar-refractivity contribution in [2.45, 2.75) is 20.3 Å². The van der Waals surface area contributed by atoms with Crippen molar-refractivity contribution in [3.63, 3.8) is 0 Å². The summed E-state index contributed by atoms with van der Waals surface area (Å²) < 4.78 is 12.2. The van der Waals surface area contributed by atoms with E-state index in [1.54, 1.807) is 18.4 Å². The van der Waals surface area contributed by atoms with Gasteiger partial charge in [0.25, 0.3) is 5.91 Å². The van der Waals surface area contributed by atoms with Crippen molar-refractivity contribution in [2.24, 2.45) is 0 Å². The molecule has 0 unspecified atom stereocenters. The number of carbonyl (C=O) groups excluding carboxylic acids is 1. The van der Waals surface area contributed by atoms with E-state index in [0.717, 1.165) is 71.0 Å². The molecule has 1 amide bonds. The Kier molecular flexibility index (Phi) is 7.00. The Morgan fingerprint density at radius 1 is 1.11 bits per heavy atom. The van der Waals surface area contributed by atoms with Crippen LogP contribution in [-0.2, 0) is 4.74 Å². The summed E-state index contributed by atoms with van der Waals surface area (Å²) >= 11 is 1.57. The van der Waals surface area contributed by atoms with Crippen LogP contribution in [0.25, 0.3) is 21.0 Å². The number of nitrogens with zero attached hydrogens (tertiary/aromatic N) is 3. The summed E-state index contributed by atoms with van der Waals surface area (Å²) in [5.74, 6) is 0.503. The van der Waals surface area contributed by atoms with Gasteiger partial charge in [-0.2, -0.15) is 0 Å². The van der Waals surface area contributed by atoms with E-state index in [-0.39, 0.29) is 5.91 Å². The summed E-state index contributed by atoms with van der Waals surface area (Å²) in [6.07, 6.45) is 0.857. The maximum absolute atomic E-state index is 14.1. The fourth-order valence-corrected chi connectivity index (χ4v) is 5.64. The zero-order chi connectivity index (χ0) is 24.4. The molecule has 0 atom stereocenters. The predicted molar refractivity (Wildman–Crippen MR) is 143 cm³/mol. The number of anilines is 1. The van der Waals surface area contributed by atoms with E-state index < -0.39 is 0 Å². The molecule has 1 aliphatic rings. The minimum absolute atomic E-state index is 0.0805. The van der Waals surface area contributed by atoms with Crippen LogP contribution < -0.4 is 9.64 Å². The Morgan fingerprint density at radius 3 is 2.60 bits per heavy atom. The fourth-order valence-electron chi connectivity index (χ4n) is 4.59. The largest absolute Gasteiger partial charge is 0.496 e. The van der Waals surface area contributed by atoms with Crippen molar-refractivity contribution in [3.05, 3.63) is 65.2 Å². The molecule has 0 radical (unpaired) electrons. The van der Waals surface area contributed by atoms with Crippen molar-refractivity contribution in [1.82, 2.24) is 9.88 Å². The SMILES string of the molecule is COc1cc2ccccc2cc1C(=O)N(CCCN1CCOCC1)c1nc2c(C)c(C)ccc2s1. The lowest BCUT2D eigenvalue weighted by Crippen LogP contribution is -2.39. The maximum atomic E-state index is 14.1. The third-order valence-corrected chi connectivity index (χ3v) is 7.85. The van der Waals surface area contributed by atoms with Gasteiger partial charge in [0.1, 0.15) is 5.75 Å². The van der Waals surface area contributed by atoms with Crippen LogP contribution >= 0.6 is 11.3 Å². The van der Waals surface area contributed by atoms with E-state index in [4.69, 9.17) is 14.5 Å². The molecular formula is C28H31N3O3S. The highest BCUT2D eigenvalue weighted by atomic mass is 32.1. The van der Waals surface area contributed by atoms with Crippen molar-refractivity contribution in [1.29, 1.82) is 0 Å². The second-order valence-electron chi connectivity index (χ2n) is 9.01. The fraction of sp³-hybridized carbons (Fsp3) is 0.357. The number of aromatic nitrogens is 1. The summed E-state index contributed by atoms with van der Waals surface area (Å²) in [6, 6.07) is 16.1. The van der Waals surface area contributed by atoms with Gasteiger partial charge in [0.15, 0.2) is 5.13 Å². The van der Waals surface area contributed by atoms with Gasteiger partial charge in [-0.05, 0) is 60.4 Å². The molecule has 0 saturated carbocycles. The van der Waals surface area contributed by atoms with Crippen LogP contribution in [0.15, 0.2) is 48.5 Å². The number of hydrogen-bond acceptors (Lipinski definition) is 6. The molecule has 0 spiro atoms. The van der Waals surface area contributed by atoms with E-state index in [0.29, 0.717) is 17.9 Å². The van der Waals surface area contributed by atoms with Gasteiger partial charge < -0.3 is 9.47 Å². The highest BCUT2D eigenvalue weighted by Gasteiger charge is 2.25. The van der Waals surface area contributed by atoms with Crippen molar-refractivity contribution >= 4 is 43.4 Å². The van der Waals surface area contributed by atoms with Crippen LogP contribution in [0.5, 0.6) is 5.75 Å². The maximum Gasteiger partial charge on any atom is 0.263 e. The lowest BCUT2D eigenvalue weighted by molar-refractivity contribution is 0.0376. The molecule has 7 heteroatoms. The van der Waals surface area contributed by atoms with Crippen molar-refractivity contribution < 1.29 is 14.3 Å². The first-order chi connectivity index (χ1) is 17.0. The summed E-state index contributed by atoms with van der Waals surface area (Å²) in [7, 11) is 1.62. The number of ether oxygens (including phenoxy) is 2. The molecule has 0 aliphatic carbocycles. The molecule has 4 aromatic rings. The Labute approximate surface area is 210 Å². The first-order valence-electron chi connectivity index (χ1n) is 12.1. The minimum atomic E-state index is -0.0805. The lowest BCUT2D eigenvalue weighted by Gasteiger charge is -2.28. The number of benzene rings is 3. The standard InChI is InChI=1S/C28H31N3O3S/c1-19-9-10-25-26(20(19)2)29-28(35-25)31(12-6-11-30-13-15-34-16-14-30)27(32)23-17-21-7-4-5-8-22(21)18-24(23)33-3/h4-5,7-10,17-18H,6,11-16H2,1-3H3. The van der Waals surface area contributed by atoms with E-state index in [1.807, 2.05) is 41.3 Å². The van der Waals surface area contributed by atoms with Gasteiger partial charge in [0, 0.05) is 26.2 Å².